The van der Waals surface area contributed by atoms with E-state index in [1.54, 1.807) is 12.4 Å². The molecule has 0 bridgehead atoms. The monoisotopic (exact) mass is 424 g/mol. The summed E-state index contributed by atoms with van der Waals surface area (Å²) in [4.78, 5) is 16.4. The standard InChI is InChI=1S/C25H36N4O2/c1-16(2)21-12-19(13-23-28-29-24(31-23)18-7-9-26-10-8-18)17(3)11-20(21)15-27-22(30)14-25(4,5)6/h7-11,16,19-21H,12-15H2,1-6H3,(H,27,30). The van der Waals surface area contributed by atoms with Gasteiger partial charge in [0.2, 0.25) is 17.7 Å². The van der Waals surface area contributed by atoms with Gasteiger partial charge < -0.3 is 9.73 Å². The number of pyridine rings is 1. The van der Waals surface area contributed by atoms with E-state index >= 15 is 0 Å². The third-order valence-corrected chi connectivity index (χ3v) is 6.12. The lowest BCUT2D eigenvalue weighted by Crippen LogP contribution is -2.38. The van der Waals surface area contributed by atoms with E-state index in [1.165, 1.54) is 5.57 Å². The fourth-order valence-electron chi connectivity index (χ4n) is 4.44. The lowest BCUT2D eigenvalue weighted by Gasteiger charge is -2.37. The van der Waals surface area contributed by atoms with Crippen molar-refractivity contribution in [3.63, 3.8) is 0 Å². The van der Waals surface area contributed by atoms with Crippen molar-refractivity contribution in [3.8, 4) is 11.5 Å². The molecule has 2 aromatic heterocycles. The molecular weight excluding hydrogens is 388 g/mol. The number of aromatic nitrogens is 3. The van der Waals surface area contributed by atoms with Crippen molar-refractivity contribution in [2.24, 2.45) is 29.1 Å². The molecule has 0 spiro atoms. The van der Waals surface area contributed by atoms with Crippen LogP contribution in [-0.4, -0.2) is 27.6 Å². The fraction of sp³-hybridized carbons (Fsp3) is 0.600. The van der Waals surface area contributed by atoms with Gasteiger partial charge in [0.1, 0.15) is 0 Å². The summed E-state index contributed by atoms with van der Waals surface area (Å²) in [6.07, 6.45) is 8.16. The molecule has 2 aromatic rings. The predicted molar refractivity (Wildman–Crippen MR) is 122 cm³/mol. The Balaban J connectivity index is 1.66. The molecule has 0 fully saturated rings. The highest BCUT2D eigenvalue weighted by Crippen LogP contribution is 2.38. The molecule has 1 N–H and O–H groups in total. The first kappa shape index (κ1) is 23.2. The highest BCUT2D eigenvalue weighted by atomic mass is 16.4. The number of nitrogens with zero attached hydrogens (tertiary/aromatic N) is 3. The maximum atomic E-state index is 12.3. The van der Waals surface area contributed by atoms with Crippen molar-refractivity contribution in [1.82, 2.24) is 20.5 Å². The summed E-state index contributed by atoms with van der Waals surface area (Å²) in [5.41, 5.74) is 2.23. The van der Waals surface area contributed by atoms with E-state index in [9.17, 15) is 4.79 Å². The Labute approximate surface area is 185 Å². The van der Waals surface area contributed by atoms with Gasteiger partial charge in [0.05, 0.1) is 0 Å². The molecule has 1 aliphatic rings. The molecule has 6 heteroatoms. The van der Waals surface area contributed by atoms with E-state index in [-0.39, 0.29) is 11.3 Å². The number of carbonyl (C=O) groups excluding carboxylic acids is 1. The van der Waals surface area contributed by atoms with Gasteiger partial charge in [0, 0.05) is 37.3 Å². The molecule has 2 heterocycles. The zero-order valence-electron chi connectivity index (χ0n) is 19.7. The van der Waals surface area contributed by atoms with Gasteiger partial charge >= 0.3 is 0 Å². The third-order valence-electron chi connectivity index (χ3n) is 6.12. The minimum atomic E-state index is 0.00411. The van der Waals surface area contributed by atoms with Crippen LogP contribution in [0.2, 0.25) is 0 Å². The van der Waals surface area contributed by atoms with Crippen LogP contribution >= 0.6 is 0 Å². The predicted octanol–water partition coefficient (Wildman–Crippen LogP) is 5.08. The van der Waals surface area contributed by atoms with Crippen molar-refractivity contribution in [2.75, 3.05) is 6.54 Å². The maximum absolute atomic E-state index is 12.3. The first-order valence-corrected chi connectivity index (χ1v) is 11.3. The molecule has 3 rings (SSSR count). The highest BCUT2D eigenvalue weighted by molar-refractivity contribution is 5.76. The topological polar surface area (TPSA) is 80.9 Å². The fourth-order valence-corrected chi connectivity index (χ4v) is 4.44. The van der Waals surface area contributed by atoms with Crippen LogP contribution in [0.3, 0.4) is 0 Å². The van der Waals surface area contributed by atoms with E-state index < -0.39 is 0 Å². The Morgan fingerprint density at radius 2 is 1.94 bits per heavy atom. The van der Waals surface area contributed by atoms with Gasteiger partial charge in [-0.1, -0.05) is 46.3 Å². The SMILES string of the molecule is CC1=CC(CNC(=O)CC(C)(C)C)C(C(C)C)CC1Cc1nnc(-c2ccncc2)o1. The van der Waals surface area contributed by atoms with E-state index in [0.29, 0.717) is 48.4 Å². The number of nitrogens with one attached hydrogen (secondary N) is 1. The second-order valence-electron chi connectivity index (χ2n) is 10.4. The lowest BCUT2D eigenvalue weighted by molar-refractivity contribution is -0.123. The first-order valence-electron chi connectivity index (χ1n) is 11.3. The number of allylic oxidation sites excluding steroid dienone is 1. The summed E-state index contributed by atoms with van der Waals surface area (Å²) in [7, 11) is 0. The van der Waals surface area contributed by atoms with Crippen LogP contribution in [0.15, 0.2) is 40.6 Å². The van der Waals surface area contributed by atoms with Crippen molar-refractivity contribution in [3.05, 3.63) is 42.1 Å². The van der Waals surface area contributed by atoms with Crippen molar-refractivity contribution >= 4 is 5.91 Å². The van der Waals surface area contributed by atoms with Crippen LogP contribution in [0, 0.1) is 29.1 Å². The Morgan fingerprint density at radius 1 is 1.23 bits per heavy atom. The highest BCUT2D eigenvalue weighted by Gasteiger charge is 2.33. The summed E-state index contributed by atoms with van der Waals surface area (Å²) in [5.74, 6) is 3.11. The first-order chi connectivity index (χ1) is 14.6. The van der Waals surface area contributed by atoms with Gasteiger partial charge in [-0.3, -0.25) is 9.78 Å². The average Bonchev–Trinajstić information content (AvgIpc) is 3.16. The number of amides is 1. The van der Waals surface area contributed by atoms with E-state index in [2.05, 4.69) is 68.1 Å². The van der Waals surface area contributed by atoms with Gasteiger partial charge in [-0.25, -0.2) is 0 Å². The molecule has 0 saturated carbocycles. The van der Waals surface area contributed by atoms with E-state index in [4.69, 9.17) is 4.42 Å². The Bertz CT molecular complexity index is 896. The largest absolute Gasteiger partial charge is 0.421 e. The summed E-state index contributed by atoms with van der Waals surface area (Å²) in [5, 5.41) is 11.7. The average molecular weight is 425 g/mol. The molecule has 1 aliphatic carbocycles. The van der Waals surface area contributed by atoms with Crippen molar-refractivity contribution in [1.29, 1.82) is 0 Å². The molecule has 3 unspecified atom stereocenters. The molecule has 0 aromatic carbocycles. The number of hydrogen-bond acceptors (Lipinski definition) is 5. The summed E-state index contributed by atoms with van der Waals surface area (Å²) in [6, 6.07) is 3.74. The van der Waals surface area contributed by atoms with Crippen molar-refractivity contribution < 1.29 is 9.21 Å². The zero-order valence-corrected chi connectivity index (χ0v) is 19.7. The quantitative estimate of drug-likeness (QED) is 0.627. The van der Waals surface area contributed by atoms with Crippen LogP contribution in [0.1, 0.15) is 60.3 Å². The van der Waals surface area contributed by atoms with Gasteiger partial charge in [-0.2, -0.15) is 0 Å². The molecule has 31 heavy (non-hydrogen) atoms. The minimum absolute atomic E-state index is 0.00411. The Morgan fingerprint density at radius 3 is 2.58 bits per heavy atom. The molecule has 168 valence electrons. The van der Waals surface area contributed by atoms with Crippen molar-refractivity contribution in [2.45, 2.75) is 60.8 Å². The molecule has 0 saturated heterocycles. The summed E-state index contributed by atoms with van der Waals surface area (Å²) < 4.78 is 5.93. The normalized spacial score (nSPS) is 21.8. The zero-order chi connectivity index (χ0) is 22.6. The van der Waals surface area contributed by atoms with E-state index in [1.807, 2.05) is 12.1 Å². The van der Waals surface area contributed by atoms with Gasteiger partial charge in [-0.15, -0.1) is 10.2 Å². The van der Waals surface area contributed by atoms with E-state index in [0.717, 1.165) is 18.4 Å². The number of hydrogen-bond donors (Lipinski definition) is 1. The second kappa shape index (κ2) is 9.75. The molecule has 1 amide bonds. The molecule has 3 atom stereocenters. The molecule has 6 nitrogen and oxygen atoms in total. The summed E-state index contributed by atoms with van der Waals surface area (Å²) in [6.45, 7) is 13.7. The van der Waals surface area contributed by atoms with Crippen LogP contribution in [0.25, 0.3) is 11.5 Å². The smallest absolute Gasteiger partial charge is 0.247 e. The lowest BCUT2D eigenvalue weighted by atomic mass is 9.70. The maximum Gasteiger partial charge on any atom is 0.247 e. The van der Waals surface area contributed by atoms with Gasteiger partial charge in [-0.05, 0) is 54.6 Å². The Hall–Kier alpha value is -2.50. The minimum Gasteiger partial charge on any atom is -0.421 e. The third kappa shape index (κ3) is 6.49. The number of rotatable bonds is 7. The Kier molecular flexibility index (Phi) is 7.29. The summed E-state index contributed by atoms with van der Waals surface area (Å²) >= 11 is 0. The molecule has 0 aliphatic heterocycles. The second-order valence-corrected chi connectivity index (χ2v) is 10.4. The van der Waals surface area contributed by atoms with Crippen LogP contribution in [-0.2, 0) is 11.2 Å². The van der Waals surface area contributed by atoms with Gasteiger partial charge in [0.15, 0.2) is 0 Å². The number of carbonyl (C=O) groups is 1. The molecular formula is C25H36N4O2. The van der Waals surface area contributed by atoms with Gasteiger partial charge in [0.25, 0.3) is 0 Å². The van der Waals surface area contributed by atoms with Crippen LogP contribution in [0.4, 0.5) is 0 Å². The van der Waals surface area contributed by atoms with Crippen LogP contribution < -0.4 is 5.32 Å². The molecule has 0 radical (unpaired) electrons. The van der Waals surface area contributed by atoms with Crippen LogP contribution in [0.5, 0.6) is 0 Å².